The molecule has 0 aliphatic carbocycles. The van der Waals surface area contributed by atoms with Crippen molar-refractivity contribution in [2.24, 2.45) is 0 Å². The topological polar surface area (TPSA) is 32.9 Å². The Morgan fingerprint density at radius 2 is 2.08 bits per heavy atom. The third-order valence-electron chi connectivity index (χ3n) is 1.18. The van der Waals surface area contributed by atoms with E-state index >= 15 is 0 Å². The van der Waals surface area contributed by atoms with Crippen molar-refractivity contribution in [3.63, 3.8) is 0 Å². The smallest absolute Gasteiger partial charge is 0.278 e. The van der Waals surface area contributed by atoms with Gasteiger partial charge in [-0.3, -0.25) is 4.79 Å². The molecular weight excluding hydrogens is 239 g/mol. The van der Waals surface area contributed by atoms with E-state index in [4.69, 9.17) is 0 Å². The third-order valence-corrected chi connectivity index (χ3v) is 1.92. The fourth-order valence-electron chi connectivity index (χ4n) is 0.648. The van der Waals surface area contributed by atoms with Gasteiger partial charge in [-0.2, -0.15) is 0 Å². The standard InChI is InChI=1S/C6H3BrF3NO/c7-4-2(8)1-3(5(9)10)11-6(4)12/h1,5H,(H,11,12). The number of aromatic amines is 1. The average molecular weight is 242 g/mol. The number of pyridine rings is 1. The first-order valence-corrected chi connectivity index (χ1v) is 3.68. The van der Waals surface area contributed by atoms with Crippen LogP contribution in [0.2, 0.25) is 0 Å². The average Bonchev–Trinajstić information content (AvgIpc) is 1.99. The summed E-state index contributed by atoms with van der Waals surface area (Å²) in [5, 5.41) is 0. The summed E-state index contributed by atoms with van der Waals surface area (Å²) in [4.78, 5) is 12.5. The first-order valence-electron chi connectivity index (χ1n) is 2.88. The quantitative estimate of drug-likeness (QED) is 0.804. The number of hydrogen-bond acceptors (Lipinski definition) is 1. The number of alkyl halides is 2. The summed E-state index contributed by atoms with van der Waals surface area (Å²) in [6.07, 6.45) is -2.87. The van der Waals surface area contributed by atoms with Crippen molar-refractivity contribution in [3.8, 4) is 0 Å². The molecule has 2 nitrogen and oxygen atoms in total. The first kappa shape index (κ1) is 9.31. The summed E-state index contributed by atoms with van der Waals surface area (Å²) < 4.78 is 36.0. The molecule has 1 aromatic rings. The fraction of sp³-hybridized carbons (Fsp3) is 0.167. The number of rotatable bonds is 1. The molecule has 0 saturated heterocycles. The van der Waals surface area contributed by atoms with Crippen molar-refractivity contribution < 1.29 is 13.2 Å². The molecule has 1 aromatic heterocycles. The molecule has 1 rings (SSSR count). The van der Waals surface area contributed by atoms with Crippen molar-refractivity contribution in [2.45, 2.75) is 6.43 Å². The zero-order valence-electron chi connectivity index (χ0n) is 5.57. The molecule has 0 spiro atoms. The second kappa shape index (κ2) is 3.30. The summed E-state index contributed by atoms with van der Waals surface area (Å²) >= 11 is 2.60. The molecule has 0 bridgehead atoms. The van der Waals surface area contributed by atoms with E-state index < -0.39 is 23.5 Å². The van der Waals surface area contributed by atoms with Crippen LogP contribution in [0.15, 0.2) is 15.3 Å². The molecule has 0 aliphatic rings. The lowest BCUT2D eigenvalue weighted by Crippen LogP contribution is -2.11. The van der Waals surface area contributed by atoms with Crippen LogP contribution in [0.4, 0.5) is 13.2 Å². The van der Waals surface area contributed by atoms with Gasteiger partial charge in [0.05, 0.1) is 5.69 Å². The van der Waals surface area contributed by atoms with E-state index in [-0.39, 0.29) is 4.47 Å². The molecule has 6 heteroatoms. The van der Waals surface area contributed by atoms with Crippen LogP contribution in [0, 0.1) is 5.82 Å². The fourth-order valence-corrected chi connectivity index (χ4v) is 0.862. The van der Waals surface area contributed by atoms with Crippen molar-refractivity contribution in [1.82, 2.24) is 4.98 Å². The predicted molar refractivity (Wildman–Crippen MR) is 39.7 cm³/mol. The zero-order chi connectivity index (χ0) is 9.30. The minimum absolute atomic E-state index is 0.369. The summed E-state index contributed by atoms with van der Waals surface area (Å²) in [6, 6.07) is 0.580. The lowest BCUT2D eigenvalue weighted by Gasteiger charge is -1.99. The molecule has 0 amide bonds. The monoisotopic (exact) mass is 241 g/mol. The number of aromatic nitrogens is 1. The lowest BCUT2D eigenvalue weighted by atomic mass is 10.3. The Kier molecular flexibility index (Phi) is 2.56. The molecule has 0 radical (unpaired) electrons. The highest BCUT2D eigenvalue weighted by Gasteiger charge is 2.12. The number of H-pyrrole nitrogens is 1. The van der Waals surface area contributed by atoms with Crippen LogP contribution in [0.25, 0.3) is 0 Å². The van der Waals surface area contributed by atoms with Gasteiger partial charge in [0.15, 0.2) is 0 Å². The minimum atomic E-state index is -2.87. The van der Waals surface area contributed by atoms with Crippen LogP contribution in [-0.4, -0.2) is 4.98 Å². The summed E-state index contributed by atoms with van der Waals surface area (Å²) in [6.45, 7) is 0. The third kappa shape index (κ3) is 1.69. The van der Waals surface area contributed by atoms with Crippen LogP contribution >= 0.6 is 15.9 Å². The largest absolute Gasteiger partial charge is 0.320 e. The summed E-state index contributed by atoms with van der Waals surface area (Å²) in [7, 11) is 0. The van der Waals surface area contributed by atoms with Gasteiger partial charge in [0.2, 0.25) is 0 Å². The van der Waals surface area contributed by atoms with Gasteiger partial charge in [0, 0.05) is 6.07 Å². The molecule has 0 unspecified atom stereocenters. The second-order valence-electron chi connectivity index (χ2n) is 2.02. The van der Waals surface area contributed by atoms with E-state index in [1.165, 1.54) is 0 Å². The molecule has 1 heterocycles. The second-order valence-corrected chi connectivity index (χ2v) is 2.81. The van der Waals surface area contributed by atoms with Crippen molar-refractivity contribution >= 4 is 15.9 Å². The lowest BCUT2D eigenvalue weighted by molar-refractivity contribution is 0.145. The van der Waals surface area contributed by atoms with Gasteiger partial charge in [0.1, 0.15) is 10.3 Å². The molecule has 0 aliphatic heterocycles. The Labute approximate surface area is 73.5 Å². The maximum Gasteiger partial charge on any atom is 0.278 e. The normalized spacial score (nSPS) is 10.8. The SMILES string of the molecule is O=c1[nH]c(C(F)F)cc(F)c1Br. The Hall–Kier alpha value is -0.780. The van der Waals surface area contributed by atoms with Crippen molar-refractivity contribution in [1.29, 1.82) is 0 Å². The molecule has 0 atom stereocenters. The van der Waals surface area contributed by atoms with Gasteiger partial charge >= 0.3 is 0 Å². The molecule has 0 aromatic carbocycles. The number of hydrogen-bond donors (Lipinski definition) is 1. The van der Waals surface area contributed by atoms with Gasteiger partial charge in [-0.15, -0.1) is 0 Å². The van der Waals surface area contributed by atoms with Gasteiger partial charge in [-0.1, -0.05) is 0 Å². The number of halogens is 4. The molecule has 0 saturated carbocycles. The van der Waals surface area contributed by atoms with Gasteiger partial charge in [0.25, 0.3) is 12.0 Å². The Bertz CT molecular complexity index is 349. The minimum Gasteiger partial charge on any atom is -0.320 e. The van der Waals surface area contributed by atoms with Crippen LogP contribution < -0.4 is 5.56 Å². The maximum absolute atomic E-state index is 12.6. The van der Waals surface area contributed by atoms with E-state index in [1.54, 1.807) is 0 Å². The van der Waals surface area contributed by atoms with E-state index in [9.17, 15) is 18.0 Å². The molecular formula is C6H3BrF3NO. The molecule has 1 N–H and O–H groups in total. The Balaban J connectivity index is 3.31. The van der Waals surface area contributed by atoms with Crippen molar-refractivity contribution in [2.75, 3.05) is 0 Å². The van der Waals surface area contributed by atoms with Crippen LogP contribution in [0.5, 0.6) is 0 Å². The van der Waals surface area contributed by atoms with Crippen LogP contribution in [-0.2, 0) is 0 Å². The zero-order valence-corrected chi connectivity index (χ0v) is 7.16. The van der Waals surface area contributed by atoms with Crippen LogP contribution in [0.1, 0.15) is 12.1 Å². The highest BCUT2D eigenvalue weighted by Crippen LogP contribution is 2.18. The summed E-state index contributed by atoms with van der Waals surface area (Å²) in [5.41, 5.74) is -1.62. The first-order chi connectivity index (χ1) is 5.52. The van der Waals surface area contributed by atoms with Crippen molar-refractivity contribution in [3.05, 3.63) is 32.4 Å². The van der Waals surface area contributed by atoms with Gasteiger partial charge in [-0.05, 0) is 15.9 Å². The Morgan fingerprint density at radius 1 is 1.50 bits per heavy atom. The molecule has 0 fully saturated rings. The molecule has 12 heavy (non-hydrogen) atoms. The number of nitrogens with one attached hydrogen (secondary N) is 1. The highest BCUT2D eigenvalue weighted by molar-refractivity contribution is 9.10. The van der Waals surface area contributed by atoms with Gasteiger partial charge in [-0.25, -0.2) is 13.2 Å². The Morgan fingerprint density at radius 3 is 2.50 bits per heavy atom. The molecule has 66 valence electrons. The van der Waals surface area contributed by atoms with E-state index in [0.717, 1.165) is 0 Å². The maximum atomic E-state index is 12.6. The van der Waals surface area contributed by atoms with Gasteiger partial charge < -0.3 is 4.98 Å². The van der Waals surface area contributed by atoms with Crippen LogP contribution in [0.3, 0.4) is 0 Å². The summed E-state index contributed by atoms with van der Waals surface area (Å²) in [5.74, 6) is -0.992. The highest BCUT2D eigenvalue weighted by atomic mass is 79.9. The van der Waals surface area contributed by atoms with E-state index in [1.807, 2.05) is 4.98 Å². The predicted octanol–water partition coefficient (Wildman–Crippen LogP) is 2.21. The van der Waals surface area contributed by atoms with E-state index in [0.29, 0.717) is 6.07 Å². The van der Waals surface area contributed by atoms with E-state index in [2.05, 4.69) is 15.9 Å².